The number of fused-ring (bicyclic) bond motifs is 1. The van der Waals surface area contributed by atoms with Gasteiger partial charge in [0, 0.05) is 31.5 Å². The number of thioether (sulfide) groups is 1. The fourth-order valence-corrected chi connectivity index (χ4v) is 8.78. The van der Waals surface area contributed by atoms with Gasteiger partial charge in [0.25, 0.3) is 5.91 Å². The number of benzene rings is 4. The molecule has 1 unspecified atom stereocenters. The zero-order valence-electron chi connectivity index (χ0n) is 39.3. The number of anilines is 1. The molecule has 358 valence electrons. The van der Waals surface area contributed by atoms with Crippen molar-refractivity contribution in [3.05, 3.63) is 102 Å². The Labute approximate surface area is 413 Å². The predicted molar refractivity (Wildman–Crippen MR) is 246 cm³/mol. The van der Waals surface area contributed by atoms with Crippen LogP contribution in [0.15, 0.2) is 89.8 Å². The second-order valence-corrected chi connectivity index (χ2v) is 16.9. The average molecular weight is 999 g/mol. The van der Waals surface area contributed by atoms with Crippen LogP contribution in [0, 0.1) is 17.2 Å². The number of hydrogen-bond acceptors (Lipinski definition) is 12. The first-order valence-corrected chi connectivity index (χ1v) is 21.7. The van der Waals surface area contributed by atoms with Gasteiger partial charge >= 0.3 is 22.5 Å². The molecule has 3 atom stereocenters. The summed E-state index contributed by atoms with van der Waals surface area (Å²) >= 11 is 1.54. The second kappa shape index (κ2) is 28.6. The maximum Gasteiger partial charge on any atom is 2.00 e. The summed E-state index contributed by atoms with van der Waals surface area (Å²) in [7, 11) is 14.2. The fourth-order valence-electron chi connectivity index (χ4n) is 7.46. The Hall–Kier alpha value is -4.35. The number of rotatable bonds is 19. The van der Waals surface area contributed by atoms with Gasteiger partial charge in [-0.3, -0.25) is 9.59 Å². The monoisotopic (exact) mass is 996 g/mol. The number of nitrogens with zero attached hydrogens (tertiary/aromatic N) is 4. The molecule has 0 aliphatic carbocycles. The minimum absolute atomic E-state index is 0. The summed E-state index contributed by atoms with van der Waals surface area (Å²) < 4.78 is 32.4. The van der Waals surface area contributed by atoms with E-state index >= 15 is 0 Å². The van der Waals surface area contributed by atoms with E-state index < -0.39 is 17.5 Å². The molecule has 1 aliphatic heterocycles. The van der Waals surface area contributed by atoms with Crippen molar-refractivity contribution in [1.29, 1.82) is 5.26 Å². The van der Waals surface area contributed by atoms with E-state index in [2.05, 4.69) is 37.9 Å². The van der Waals surface area contributed by atoms with Crippen LogP contribution in [0.1, 0.15) is 55.6 Å². The smallest absolute Gasteiger partial charge is 1.00 e. The molecule has 0 bridgehead atoms. The Morgan fingerprint density at radius 2 is 1.40 bits per heavy atom. The molecular weight excluding hydrogens is 934 g/mol. The summed E-state index contributed by atoms with van der Waals surface area (Å²) in [6, 6.07) is 29.9. The van der Waals surface area contributed by atoms with Crippen molar-refractivity contribution in [2.75, 3.05) is 87.8 Å². The molecule has 0 saturated carbocycles. The van der Waals surface area contributed by atoms with E-state index in [9.17, 15) is 14.9 Å². The van der Waals surface area contributed by atoms with Crippen LogP contribution in [0.2, 0.25) is 0 Å². The maximum atomic E-state index is 13.6. The largest absolute Gasteiger partial charge is 2.00 e. The molecule has 65 heavy (non-hydrogen) atoms. The number of para-hydroxylation sites is 1. The van der Waals surface area contributed by atoms with Crippen LogP contribution in [0.4, 0.5) is 5.69 Å². The SMILES string of the molecule is COc1ccc(CCN(C)CCCC(C#N)(c2ccc(OC)c(OC)c2)C(C)C)cc1OC.COc1ccc([C@@H]2Sc3ccccc3N(CCN(C)C)C(=O)[C@@H]2OC(C)=O)cc1.[Cl-].[Cl-].[Ni+2]. The molecule has 0 radical (unpaired) electrons. The van der Waals surface area contributed by atoms with Crippen molar-refractivity contribution in [2.45, 2.75) is 61.7 Å². The Bertz CT molecular complexity index is 2130. The van der Waals surface area contributed by atoms with Crippen LogP contribution in [-0.4, -0.2) is 111 Å². The Kier molecular flexibility index (Phi) is 25.8. The number of amides is 1. The summed E-state index contributed by atoms with van der Waals surface area (Å²) in [5.74, 6) is 3.04. The number of halogens is 2. The number of methoxy groups -OCH3 is 5. The van der Waals surface area contributed by atoms with E-state index in [1.54, 1.807) is 52.2 Å². The third kappa shape index (κ3) is 15.6. The van der Waals surface area contributed by atoms with Crippen LogP contribution in [0.25, 0.3) is 0 Å². The number of nitriles is 1. The van der Waals surface area contributed by atoms with E-state index in [0.717, 1.165) is 71.3 Å². The van der Waals surface area contributed by atoms with Gasteiger partial charge in [-0.05, 0) is 118 Å². The number of hydrogen-bond donors (Lipinski definition) is 0. The molecule has 0 spiro atoms. The minimum Gasteiger partial charge on any atom is -1.00 e. The molecule has 0 aromatic heterocycles. The zero-order valence-corrected chi connectivity index (χ0v) is 42.6. The number of carbonyl (C=O) groups is 2. The van der Waals surface area contributed by atoms with Gasteiger partial charge < -0.3 is 67.9 Å². The molecule has 5 rings (SSSR count). The van der Waals surface area contributed by atoms with E-state index in [1.165, 1.54) is 12.5 Å². The molecule has 16 heteroatoms. The predicted octanol–water partition coefficient (Wildman–Crippen LogP) is 2.47. The van der Waals surface area contributed by atoms with Gasteiger partial charge in [0.1, 0.15) is 5.75 Å². The molecule has 4 aromatic carbocycles. The third-order valence-electron chi connectivity index (χ3n) is 11.1. The standard InChI is InChI=1S/C27H38N2O4.C22H26N2O4S.2ClH.Ni/c1-20(2)27(19-28,22-10-12-24(31-5)26(18-22)33-7)14-8-15-29(3)16-13-21-9-11-23(30-4)25(17-21)32-6;1-15(25)28-20-21(16-9-11-17(27-4)12-10-16)29-19-8-6-5-7-18(19)24(22(20)26)14-13-23(2)3;;;/h9-12,17-18,20H,8,13-16H2,1-7H3;5-12,20-21H,13-14H2,1-4H3;2*1H;/q;;;;+2/p-2/t;20-,21+;;;/m.1.../s1. The van der Waals surface area contributed by atoms with Gasteiger partial charge in [0.2, 0.25) is 0 Å². The van der Waals surface area contributed by atoms with Crippen molar-refractivity contribution in [2.24, 2.45) is 5.92 Å². The molecular formula is C49H64Cl2N4NiO8S. The van der Waals surface area contributed by atoms with Crippen molar-refractivity contribution < 1.29 is 79.3 Å². The molecule has 0 saturated heterocycles. The average Bonchev–Trinajstić information content (AvgIpc) is 3.39. The molecule has 4 aromatic rings. The molecule has 1 aliphatic rings. The van der Waals surface area contributed by atoms with Crippen molar-refractivity contribution >= 4 is 29.3 Å². The normalized spacial score (nSPS) is 15.0. The summed E-state index contributed by atoms with van der Waals surface area (Å²) in [6.07, 6.45) is 1.69. The van der Waals surface area contributed by atoms with Gasteiger partial charge in [-0.2, -0.15) is 5.26 Å². The molecule has 0 N–H and O–H groups in total. The van der Waals surface area contributed by atoms with E-state index in [0.29, 0.717) is 24.6 Å². The van der Waals surface area contributed by atoms with Crippen LogP contribution >= 0.6 is 11.8 Å². The first-order chi connectivity index (χ1) is 29.7. The molecule has 12 nitrogen and oxygen atoms in total. The Balaban J connectivity index is 0.000000625. The number of carbonyl (C=O) groups excluding carboxylic acids is 2. The van der Waals surface area contributed by atoms with Gasteiger partial charge in [-0.25, -0.2) is 0 Å². The Morgan fingerprint density at radius 3 is 1.95 bits per heavy atom. The minimum atomic E-state index is -0.916. The summed E-state index contributed by atoms with van der Waals surface area (Å²) in [4.78, 5) is 32.5. The third-order valence-corrected chi connectivity index (χ3v) is 12.5. The number of likely N-dealkylation sites (N-methyl/N-ethyl adjacent to an activating group) is 2. The summed E-state index contributed by atoms with van der Waals surface area (Å²) in [6.45, 7) is 8.61. The van der Waals surface area contributed by atoms with Crippen LogP contribution in [0.3, 0.4) is 0 Å². The van der Waals surface area contributed by atoms with Crippen LogP contribution in [0.5, 0.6) is 28.7 Å². The van der Waals surface area contributed by atoms with E-state index in [-0.39, 0.29) is 58.4 Å². The summed E-state index contributed by atoms with van der Waals surface area (Å²) in [5.41, 5.74) is 3.35. The van der Waals surface area contributed by atoms with Crippen molar-refractivity contribution in [1.82, 2.24) is 9.80 Å². The fraction of sp³-hybridized carbons (Fsp3) is 0.449. The van der Waals surface area contributed by atoms with Gasteiger partial charge in [-0.15, -0.1) is 11.8 Å². The molecule has 0 fully saturated rings. The van der Waals surface area contributed by atoms with Gasteiger partial charge in [-0.1, -0.05) is 50.2 Å². The van der Waals surface area contributed by atoms with E-state index in [1.807, 2.05) is 97.9 Å². The Morgan fingerprint density at radius 1 is 0.800 bits per heavy atom. The van der Waals surface area contributed by atoms with Crippen molar-refractivity contribution in [3.63, 3.8) is 0 Å². The quantitative estimate of drug-likeness (QED) is 0.101. The molecule has 1 amide bonds. The topological polar surface area (TPSA) is 123 Å². The number of ether oxygens (including phenoxy) is 6. The molecule has 1 heterocycles. The second-order valence-electron chi connectivity index (χ2n) is 15.8. The van der Waals surface area contributed by atoms with E-state index in [4.69, 9.17) is 28.4 Å². The maximum absolute atomic E-state index is 13.6. The van der Waals surface area contributed by atoms with Gasteiger partial charge in [0.05, 0.1) is 58.0 Å². The van der Waals surface area contributed by atoms with Crippen LogP contribution < -0.4 is 53.4 Å². The van der Waals surface area contributed by atoms with Crippen LogP contribution in [-0.2, 0) is 42.7 Å². The summed E-state index contributed by atoms with van der Waals surface area (Å²) in [5, 5.41) is 9.88. The van der Waals surface area contributed by atoms with Gasteiger partial charge in [0.15, 0.2) is 29.1 Å². The number of esters is 1. The first-order valence-electron chi connectivity index (χ1n) is 20.8. The zero-order chi connectivity index (χ0) is 45.4. The first kappa shape index (κ1) is 58.7. The van der Waals surface area contributed by atoms with Crippen molar-refractivity contribution in [3.8, 4) is 34.8 Å².